The van der Waals surface area contributed by atoms with E-state index in [0.29, 0.717) is 10.8 Å². The second kappa shape index (κ2) is 6.33. The van der Waals surface area contributed by atoms with E-state index in [1.807, 2.05) is 18.2 Å². The van der Waals surface area contributed by atoms with Crippen LogP contribution in [0.3, 0.4) is 0 Å². The molecular weight excluding hydrogens is 274 g/mol. The molecule has 112 valence electrons. The van der Waals surface area contributed by atoms with Crippen molar-refractivity contribution in [3.8, 4) is 5.75 Å². The van der Waals surface area contributed by atoms with E-state index in [2.05, 4.69) is 6.92 Å². The van der Waals surface area contributed by atoms with Crippen LogP contribution < -0.4 is 10.5 Å². The first-order valence-electron chi connectivity index (χ1n) is 7.16. The molecule has 0 bridgehead atoms. The van der Waals surface area contributed by atoms with Crippen molar-refractivity contribution in [3.05, 3.63) is 28.8 Å². The minimum absolute atomic E-state index is 0.161. The Balaban J connectivity index is 2.26. The molecule has 0 spiro atoms. The van der Waals surface area contributed by atoms with Crippen LogP contribution in [0.15, 0.2) is 18.2 Å². The van der Waals surface area contributed by atoms with Crippen molar-refractivity contribution in [1.82, 2.24) is 0 Å². The van der Waals surface area contributed by atoms with Gasteiger partial charge in [-0.1, -0.05) is 24.6 Å². The molecule has 1 aliphatic carbocycles. The second-order valence-corrected chi connectivity index (χ2v) is 6.23. The largest absolute Gasteiger partial charge is 0.495 e. The fraction of sp³-hybridized carbons (Fsp3) is 0.625. The van der Waals surface area contributed by atoms with Gasteiger partial charge in [-0.2, -0.15) is 0 Å². The summed E-state index contributed by atoms with van der Waals surface area (Å²) in [7, 11) is 3.38. The van der Waals surface area contributed by atoms with Crippen molar-refractivity contribution in [2.75, 3.05) is 14.2 Å². The topological polar surface area (TPSA) is 44.5 Å². The number of halogens is 1. The van der Waals surface area contributed by atoms with E-state index in [9.17, 15) is 0 Å². The lowest BCUT2D eigenvalue weighted by atomic mass is 9.74. The predicted octanol–water partition coefficient (Wildman–Crippen LogP) is 3.94. The summed E-state index contributed by atoms with van der Waals surface area (Å²) in [6, 6.07) is 5.57. The smallest absolute Gasteiger partial charge is 0.137 e. The Morgan fingerprint density at radius 1 is 1.30 bits per heavy atom. The van der Waals surface area contributed by atoms with E-state index >= 15 is 0 Å². The van der Waals surface area contributed by atoms with Gasteiger partial charge in [-0.15, -0.1) is 0 Å². The zero-order valence-corrected chi connectivity index (χ0v) is 13.2. The fourth-order valence-electron chi connectivity index (χ4n) is 3.07. The summed E-state index contributed by atoms with van der Waals surface area (Å²) in [4.78, 5) is 0. The van der Waals surface area contributed by atoms with E-state index < -0.39 is 0 Å². The maximum Gasteiger partial charge on any atom is 0.137 e. The van der Waals surface area contributed by atoms with Crippen molar-refractivity contribution < 1.29 is 9.47 Å². The third-order valence-corrected chi connectivity index (χ3v) is 4.94. The maximum absolute atomic E-state index is 6.51. The molecule has 1 atom stereocenters. The average molecular weight is 298 g/mol. The number of hydrogen-bond donors (Lipinski definition) is 1. The molecule has 1 aliphatic rings. The van der Waals surface area contributed by atoms with E-state index in [1.54, 1.807) is 14.2 Å². The summed E-state index contributed by atoms with van der Waals surface area (Å²) in [5.74, 6) is 1.42. The van der Waals surface area contributed by atoms with E-state index in [-0.39, 0.29) is 11.6 Å². The lowest BCUT2D eigenvalue weighted by molar-refractivity contribution is -0.0672. The van der Waals surface area contributed by atoms with Crippen LogP contribution in [0.5, 0.6) is 5.75 Å². The number of rotatable bonds is 4. The molecule has 1 aromatic rings. The van der Waals surface area contributed by atoms with Crippen LogP contribution in [-0.4, -0.2) is 19.8 Å². The molecule has 2 rings (SSSR count). The first-order valence-corrected chi connectivity index (χ1v) is 7.54. The van der Waals surface area contributed by atoms with Gasteiger partial charge in [-0.05, 0) is 49.3 Å². The molecule has 3 nitrogen and oxygen atoms in total. The minimum atomic E-state index is -0.272. The highest BCUT2D eigenvalue weighted by atomic mass is 35.5. The molecule has 0 amide bonds. The SMILES string of the molecule is COc1cc(C(N)C2(OC)CCC(C)CC2)ccc1Cl. The third kappa shape index (κ3) is 2.95. The Morgan fingerprint density at radius 3 is 2.50 bits per heavy atom. The molecule has 0 heterocycles. The Labute approximate surface area is 126 Å². The maximum atomic E-state index is 6.51. The molecule has 0 radical (unpaired) electrons. The highest BCUT2D eigenvalue weighted by Gasteiger charge is 2.40. The van der Waals surface area contributed by atoms with E-state index in [0.717, 1.165) is 37.2 Å². The van der Waals surface area contributed by atoms with Crippen LogP contribution in [-0.2, 0) is 4.74 Å². The monoisotopic (exact) mass is 297 g/mol. The number of methoxy groups -OCH3 is 2. The number of hydrogen-bond acceptors (Lipinski definition) is 3. The van der Waals surface area contributed by atoms with Gasteiger partial charge in [0.25, 0.3) is 0 Å². The van der Waals surface area contributed by atoms with Gasteiger partial charge in [0.2, 0.25) is 0 Å². The summed E-state index contributed by atoms with van der Waals surface area (Å²) in [5, 5.41) is 0.604. The summed E-state index contributed by atoms with van der Waals surface area (Å²) >= 11 is 6.08. The first kappa shape index (κ1) is 15.6. The molecule has 2 N–H and O–H groups in total. The van der Waals surface area contributed by atoms with Gasteiger partial charge in [-0.3, -0.25) is 0 Å². The molecule has 0 aliphatic heterocycles. The molecule has 0 aromatic heterocycles. The average Bonchev–Trinajstić information content (AvgIpc) is 2.48. The molecule has 0 saturated heterocycles. The van der Waals surface area contributed by atoms with Crippen LogP contribution in [0.4, 0.5) is 0 Å². The zero-order valence-electron chi connectivity index (χ0n) is 12.5. The van der Waals surface area contributed by atoms with Crippen LogP contribution in [0.25, 0.3) is 0 Å². The van der Waals surface area contributed by atoms with Gasteiger partial charge in [-0.25, -0.2) is 0 Å². The number of benzene rings is 1. The lowest BCUT2D eigenvalue weighted by Gasteiger charge is -2.42. The molecule has 4 heteroatoms. The molecular formula is C16H24ClNO2. The lowest BCUT2D eigenvalue weighted by Crippen LogP contribution is -2.45. The number of nitrogens with two attached hydrogens (primary N) is 1. The van der Waals surface area contributed by atoms with Gasteiger partial charge in [0.1, 0.15) is 5.75 Å². The van der Waals surface area contributed by atoms with E-state index in [1.165, 1.54) is 0 Å². The predicted molar refractivity (Wildman–Crippen MR) is 82.3 cm³/mol. The van der Waals surface area contributed by atoms with Gasteiger partial charge in [0.15, 0.2) is 0 Å². The molecule has 1 aromatic carbocycles. The van der Waals surface area contributed by atoms with Crippen molar-refractivity contribution in [3.63, 3.8) is 0 Å². The molecule has 1 unspecified atom stereocenters. The zero-order chi connectivity index (χ0) is 14.8. The van der Waals surface area contributed by atoms with Crippen molar-refractivity contribution in [2.45, 2.75) is 44.2 Å². The van der Waals surface area contributed by atoms with Crippen molar-refractivity contribution in [2.24, 2.45) is 11.7 Å². The van der Waals surface area contributed by atoms with Crippen molar-refractivity contribution >= 4 is 11.6 Å². The Morgan fingerprint density at radius 2 is 1.95 bits per heavy atom. The van der Waals surface area contributed by atoms with Crippen LogP contribution in [0.1, 0.15) is 44.2 Å². The first-order chi connectivity index (χ1) is 9.52. The second-order valence-electron chi connectivity index (χ2n) is 5.82. The normalized spacial score (nSPS) is 28.1. The Hall–Kier alpha value is -0.770. The standard InChI is InChI=1S/C16H24ClNO2/c1-11-6-8-16(20-3,9-7-11)15(18)12-4-5-13(17)14(10-12)19-2/h4-5,10-11,15H,6-9,18H2,1-3H3. The minimum Gasteiger partial charge on any atom is -0.495 e. The molecule has 1 fully saturated rings. The molecule has 20 heavy (non-hydrogen) atoms. The van der Waals surface area contributed by atoms with Crippen molar-refractivity contribution in [1.29, 1.82) is 0 Å². The Bertz CT molecular complexity index is 456. The van der Waals surface area contributed by atoms with Gasteiger partial charge in [0, 0.05) is 7.11 Å². The van der Waals surface area contributed by atoms with Gasteiger partial charge in [0.05, 0.1) is 23.8 Å². The summed E-state index contributed by atoms with van der Waals surface area (Å²) < 4.78 is 11.1. The van der Waals surface area contributed by atoms with Crippen LogP contribution in [0, 0.1) is 5.92 Å². The highest BCUT2D eigenvalue weighted by Crippen LogP contribution is 2.42. The van der Waals surface area contributed by atoms with Gasteiger partial charge < -0.3 is 15.2 Å². The highest BCUT2D eigenvalue weighted by molar-refractivity contribution is 6.32. The van der Waals surface area contributed by atoms with Crippen LogP contribution in [0.2, 0.25) is 5.02 Å². The van der Waals surface area contributed by atoms with Gasteiger partial charge >= 0.3 is 0 Å². The summed E-state index contributed by atoms with van der Waals surface area (Å²) in [5.41, 5.74) is 7.25. The number of ether oxygens (including phenoxy) is 2. The summed E-state index contributed by atoms with van der Waals surface area (Å²) in [6.45, 7) is 2.29. The Kier molecular flexibility index (Phi) is 4.95. The van der Waals surface area contributed by atoms with Crippen LogP contribution >= 0.6 is 11.6 Å². The quantitative estimate of drug-likeness (QED) is 0.915. The van der Waals surface area contributed by atoms with E-state index in [4.69, 9.17) is 26.8 Å². The molecule has 1 saturated carbocycles. The summed E-state index contributed by atoms with van der Waals surface area (Å²) in [6.07, 6.45) is 4.31. The third-order valence-electron chi connectivity index (χ3n) is 4.63. The fourth-order valence-corrected chi connectivity index (χ4v) is 3.26.